The van der Waals surface area contributed by atoms with Crippen molar-refractivity contribution in [2.24, 2.45) is 23.2 Å². The van der Waals surface area contributed by atoms with E-state index in [2.05, 4.69) is 47.7 Å². The fourth-order valence-electron chi connectivity index (χ4n) is 10.7. The Kier molecular flexibility index (Phi) is 22.8. The summed E-state index contributed by atoms with van der Waals surface area (Å²) in [5.41, 5.74) is -3.92. The Morgan fingerprint density at radius 2 is 1.28 bits per heavy atom. The van der Waals surface area contributed by atoms with Gasteiger partial charge in [0.1, 0.15) is 12.4 Å². The standard InChI is InChI=1S/C49H77F9N2O7S2/c1-44(2)66-34-36(35-67-44)11-6-7-20-59(4)21-8-24-61-29-31-68-69-32-30-62-25-9-22-60(5)23-28-63-38-13-15-39-37(33-38)12-14-41-40(39)18-19-45(3)42(41)16-17-43(45)64-26-10-27-65-46(47(50,51)52,48(53,54)55)49(56,57)58/h13,15,33,36,40-43H,6-12,14,16-32,34-35H2,1-5H3/t40-,41-,42+,43+,45+/m1/s1. The monoisotopic (exact) mass is 1040 g/mol. The van der Waals surface area contributed by atoms with Crippen LogP contribution in [0.1, 0.15) is 108 Å². The molecule has 0 bridgehead atoms. The second-order valence-electron chi connectivity index (χ2n) is 20.0. The summed E-state index contributed by atoms with van der Waals surface area (Å²) in [5, 5.41) is 0. The molecule has 0 aromatic heterocycles. The lowest BCUT2D eigenvalue weighted by molar-refractivity contribution is -0.457. The van der Waals surface area contributed by atoms with E-state index in [1.165, 1.54) is 24.0 Å². The lowest BCUT2D eigenvalue weighted by Crippen LogP contribution is -2.67. The minimum atomic E-state index is -6.74. The molecule has 4 aliphatic rings. The Balaban J connectivity index is 0.860. The van der Waals surface area contributed by atoms with Gasteiger partial charge in [-0.05, 0) is 152 Å². The van der Waals surface area contributed by atoms with Crippen molar-refractivity contribution in [3.63, 3.8) is 0 Å². The molecule has 1 aliphatic heterocycles. The molecule has 1 heterocycles. The fourth-order valence-corrected chi connectivity index (χ4v) is 12.5. The number of hydrogen-bond acceptors (Lipinski definition) is 11. The van der Waals surface area contributed by atoms with Gasteiger partial charge in [-0.2, -0.15) is 39.5 Å². The van der Waals surface area contributed by atoms with E-state index >= 15 is 0 Å². The molecule has 1 aromatic rings. The predicted octanol–water partition coefficient (Wildman–Crippen LogP) is 11.8. The number of aryl methyl sites for hydroxylation is 1. The number of rotatable bonds is 30. The van der Waals surface area contributed by atoms with Gasteiger partial charge in [0, 0.05) is 56.9 Å². The van der Waals surface area contributed by atoms with Crippen LogP contribution in [0.5, 0.6) is 5.75 Å². The summed E-state index contributed by atoms with van der Waals surface area (Å²) in [4.78, 5) is 4.63. The molecule has 3 aliphatic carbocycles. The van der Waals surface area contributed by atoms with Crippen molar-refractivity contribution in [1.82, 2.24) is 9.80 Å². The van der Waals surface area contributed by atoms with E-state index in [1.807, 2.05) is 41.5 Å². The van der Waals surface area contributed by atoms with Crippen LogP contribution in [-0.4, -0.2) is 157 Å². The van der Waals surface area contributed by atoms with E-state index in [9.17, 15) is 39.5 Å². The highest BCUT2D eigenvalue weighted by Crippen LogP contribution is 2.62. The van der Waals surface area contributed by atoms with Crippen molar-refractivity contribution in [2.45, 2.75) is 140 Å². The largest absolute Gasteiger partial charge is 0.492 e. The SMILES string of the molecule is CN(CCCCC1COC(C)(C)OC1)CCCOCCSSCCOCCCN(C)CCOc1ccc2c(c1)CC[C@@H]1[C@@H]2CC[C@]2(C)[C@@H](OCCCOC(C(F)(F)F)(C(F)(F)F)C(F)(F)F)CC[C@@H]12. The van der Waals surface area contributed by atoms with E-state index in [-0.39, 0.29) is 18.1 Å². The molecule has 5 rings (SSSR count). The predicted molar refractivity (Wildman–Crippen MR) is 252 cm³/mol. The van der Waals surface area contributed by atoms with Gasteiger partial charge in [-0.1, -0.05) is 41.0 Å². The number of hydrogen-bond donors (Lipinski definition) is 0. The molecular weight excluding hydrogens is 964 g/mol. The summed E-state index contributed by atoms with van der Waals surface area (Å²) in [5.74, 6) is 3.86. The van der Waals surface area contributed by atoms with E-state index in [4.69, 9.17) is 28.4 Å². The molecule has 69 heavy (non-hydrogen) atoms. The van der Waals surface area contributed by atoms with Gasteiger partial charge in [-0.25, -0.2) is 0 Å². The van der Waals surface area contributed by atoms with E-state index in [1.54, 1.807) is 0 Å². The van der Waals surface area contributed by atoms with Crippen molar-refractivity contribution in [2.75, 3.05) is 111 Å². The Morgan fingerprint density at radius 1 is 0.667 bits per heavy atom. The molecule has 1 saturated heterocycles. The van der Waals surface area contributed by atoms with Crippen molar-refractivity contribution < 1.29 is 72.7 Å². The third-order valence-electron chi connectivity index (χ3n) is 14.6. The maximum absolute atomic E-state index is 13.2. The Morgan fingerprint density at radius 3 is 1.90 bits per heavy atom. The average Bonchev–Trinajstić information content (AvgIpc) is 3.61. The second-order valence-corrected chi connectivity index (χ2v) is 22.8. The molecule has 5 atom stereocenters. The lowest BCUT2D eigenvalue weighted by Gasteiger charge is -2.50. The van der Waals surface area contributed by atoms with Gasteiger partial charge in [0.25, 0.3) is 0 Å². The third kappa shape index (κ3) is 16.6. The Labute approximate surface area is 412 Å². The molecule has 3 fully saturated rings. The van der Waals surface area contributed by atoms with Gasteiger partial charge < -0.3 is 43.0 Å². The first-order valence-electron chi connectivity index (χ1n) is 24.8. The smallest absolute Gasteiger partial charge is 0.435 e. The van der Waals surface area contributed by atoms with Crippen LogP contribution >= 0.6 is 21.6 Å². The summed E-state index contributed by atoms with van der Waals surface area (Å²) in [7, 11) is 7.92. The number of fused-ring (bicyclic) bond motifs is 5. The van der Waals surface area contributed by atoms with E-state index in [0.29, 0.717) is 43.3 Å². The van der Waals surface area contributed by atoms with Gasteiger partial charge >= 0.3 is 24.1 Å². The van der Waals surface area contributed by atoms with Crippen molar-refractivity contribution >= 4 is 21.6 Å². The average molecular weight is 1040 g/mol. The zero-order chi connectivity index (χ0) is 50.4. The first-order valence-corrected chi connectivity index (χ1v) is 27.3. The third-order valence-corrected chi connectivity index (χ3v) is 16.9. The van der Waals surface area contributed by atoms with Gasteiger partial charge in [0.05, 0.1) is 39.1 Å². The topological polar surface area (TPSA) is 71.1 Å². The molecule has 0 radical (unpaired) electrons. The van der Waals surface area contributed by atoms with E-state index in [0.717, 1.165) is 128 Å². The number of unbranched alkanes of at least 4 members (excludes halogenated alkanes) is 1. The fraction of sp³-hybridized carbons (Fsp3) is 0.878. The minimum Gasteiger partial charge on any atom is -0.492 e. The molecule has 2 saturated carbocycles. The van der Waals surface area contributed by atoms with Crippen LogP contribution in [0.25, 0.3) is 0 Å². The molecule has 0 N–H and O–H groups in total. The number of ether oxygens (including phenoxy) is 7. The van der Waals surface area contributed by atoms with Crippen molar-refractivity contribution in [3.8, 4) is 5.75 Å². The van der Waals surface area contributed by atoms with E-state index < -0.39 is 42.9 Å². The van der Waals surface area contributed by atoms with Crippen LogP contribution < -0.4 is 4.74 Å². The van der Waals surface area contributed by atoms with Gasteiger partial charge in [0.2, 0.25) is 0 Å². The first kappa shape index (κ1) is 58.7. The molecular formula is C49H77F9N2O7S2. The summed E-state index contributed by atoms with van der Waals surface area (Å²) < 4.78 is 158. The zero-order valence-corrected chi connectivity index (χ0v) is 42.8. The lowest BCUT2D eigenvalue weighted by atomic mass is 9.55. The van der Waals surface area contributed by atoms with Crippen LogP contribution in [0.15, 0.2) is 18.2 Å². The summed E-state index contributed by atoms with van der Waals surface area (Å²) in [6.45, 7) is 13.3. The van der Waals surface area contributed by atoms with Crippen LogP contribution in [0, 0.1) is 23.2 Å². The van der Waals surface area contributed by atoms with Gasteiger partial charge in [-0.15, -0.1) is 0 Å². The van der Waals surface area contributed by atoms with Gasteiger partial charge in [-0.3, -0.25) is 0 Å². The molecule has 400 valence electrons. The maximum atomic E-state index is 13.2. The summed E-state index contributed by atoms with van der Waals surface area (Å²) in [6, 6.07) is 6.37. The molecule has 0 unspecified atom stereocenters. The molecule has 20 heteroatoms. The number of likely N-dealkylation sites (N-methyl/N-ethyl adjacent to an activating group) is 1. The molecule has 9 nitrogen and oxygen atoms in total. The number of nitrogens with zero attached hydrogens (tertiary/aromatic N) is 2. The second kappa shape index (κ2) is 26.8. The van der Waals surface area contributed by atoms with Crippen LogP contribution in [-0.2, 0) is 34.8 Å². The summed E-state index contributed by atoms with van der Waals surface area (Å²) >= 11 is 0. The highest BCUT2D eigenvalue weighted by atomic mass is 33.1. The number of benzene rings is 1. The molecule has 0 spiro atoms. The zero-order valence-electron chi connectivity index (χ0n) is 41.2. The van der Waals surface area contributed by atoms with Crippen LogP contribution in [0.2, 0.25) is 0 Å². The van der Waals surface area contributed by atoms with Gasteiger partial charge in [0.15, 0.2) is 5.79 Å². The number of halogens is 9. The Hall–Kier alpha value is -1.23. The van der Waals surface area contributed by atoms with Crippen molar-refractivity contribution in [3.05, 3.63) is 29.3 Å². The molecule has 0 amide bonds. The first-order chi connectivity index (χ1) is 32.6. The normalized spacial score (nSPS) is 24.5. The highest BCUT2D eigenvalue weighted by molar-refractivity contribution is 8.76. The van der Waals surface area contributed by atoms with Crippen LogP contribution in [0.4, 0.5) is 39.5 Å². The number of alkyl halides is 9. The maximum Gasteiger partial charge on any atom is 0.435 e. The minimum absolute atomic E-state index is 0.262. The quantitative estimate of drug-likeness (QED) is 0.0420. The summed E-state index contributed by atoms with van der Waals surface area (Å²) in [6.07, 6.45) is -10.5. The Bertz CT molecular complexity index is 1620. The van der Waals surface area contributed by atoms with Crippen LogP contribution in [0.3, 0.4) is 0 Å². The molecule has 1 aromatic carbocycles. The highest BCUT2D eigenvalue weighted by Gasteiger charge is 2.85. The van der Waals surface area contributed by atoms with Crippen molar-refractivity contribution in [1.29, 1.82) is 0 Å².